The van der Waals surface area contributed by atoms with Gasteiger partial charge in [-0.1, -0.05) is 17.7 Å². The van der Waals surface area contributed by atoms with Crippen molar-refractivity contribution in [1.82, 2.24) is 0 Å². The zero-order valence-electron chi connectivity index (χ0n) is 31.0. The van der Waals surface area contributed by atoms with Gasteiger partial charge in [-0.25, -0.2) is 26.9 Å². The van der Waals surface area contributed by atoms with Crippen molar-refractivity contribution in [2.45, 2.75) is 28.5 Å². The standard InChI is InChI=1S/C41H30Cl2F5N5O6/c1-51(2)20-11-7-18(8-12-20)49-50-19-9-13-21(14-10-19)52-36(55)23-16-15-22-24(27(23)37(52)56)17-40(42)38(57)53(35-33(47)31(45)30(44)32(46)34(35)48)39(58)41(40,43)29(22)28-25(54)5-4-6-26(28)59-3/h4-15,23-24,27,29,54H,16-17H2,1-3H3/t23-,24+,27-,29+,40+,41-/m0/s1. The number of ether oxygens (including phenoxy) is 1. The van der Waals surface area contributed by atoms with Crippen molar-refractivity contribution in [2.75, 3.05) is 35.9 Å². The number of methoxy groups -OCH3 is 1. The molecule has 3 fully saturated rings. The average Bonchev–Trinajstić information content (AvgIpc) is 3.56. The first kappa shape index (κ1) is 39.9. The van der Waals surface area contributed by atoms with Crippen LogP contribution < -0.4 is 19.4 Å². The number of rotatable bonds is 7. The molecule has 6 atom stereocenters. The number of alkyl halides is 2. The van der Waals surface area contributed by atoms with Crippen LogP contribution in [0.5, 0.6) is 11.5 Å². The molecule has 1 N–H and O–H groups in total. The van der Waals surface area contributed by atoms with Crippen LogP contribution in [0.3, 0.4) is 0 Å². The average molecular weight is 855 g/mol. The van der Waals surface area contributed by atoms with Crippen LogP contribution in [0.4, 0.5) is 50.4 Å². The van der Waals surface area contributed by atoms with Crippen molar-refractivity contribution < 1.29 is 51.0 Å². The fourth-order valence-electron chi connectivity index (χ4n) is 8.74. The first-order valence-electron chi connectivity index (χ1n) is 18.0. The number of hydrogen-bond acceptors (Lipinski definition) is 9. The van der Waals surface area contributed by atoms with E-state index < -0.39 is 104 Å². The minimum atomic E-state index is -2.84. The van der Waals surface area contributed by atoms with Gasteiger partial charge in [0, 0.05) is 31.3 Å². The number of carbonyl (C=O) groups is 4. The lowest BCUT2D eigenvalue weighted by atomic mass is 9.56. The fourth-order valence-corrected chi connectivity index (χ4v) is 9.66. The first-order valence-corrected chi connectivity index (χ1v) is 18.7. The highest BCUT2D eigenvalue weighted by Gasteiger charge is 2.77. The molecule has 2 aliphatic carbocycles. The highest BCUT2D eigenvalue weighted by molar-refractivity contribution is 6.58. The molecule has 18 heteroatoms. The number of hydrogen-bond donors (Lipinski definition) is 1. The van der Waals surface area contributed by atoms with E-state index in [2.05, 4.69) is 10.2 Å². The van der Waals surface area contributed by atoms with Gasteiger partial charge in [0.1, 0.15) is 17.2 Å². The normalized spacial score (nSPS) is 26.3. The maximum atomic E-state index is 15.4. The van der Waals surface area contributed by atoms with Crippen molar-refractivity contribution in [1.29, 1.82) is 0 Å². The molecule has 4 aliphatic rings. The fraction of sp³-hybridized carbons (Fsp3) is 0.268. The third-order valence-corrected chi connectivity index (χ3v) is 12.9. The summed E-state index contributed by atoms with van der Waals surface area (Å²) in [6.07, 6.45) is 0.704. The molecule has 304 valence electrons. The Labute approximate surface area is 342 Å². The zero-order valence-corrected chi connectivity index (χ0v) is 32.5. The second kappa shape index (κ2) is 14.2. The van der Waals surface area contributed by atoms with Gasteiger partial charge in [-0.2, -0.15) is 10.2 Å². The molecule has 2 aliphatic heterocycles. The van der Waals surface area contributed by atoms with Crippen molar-refractivity contribution in [2.24, 2.45) is 28.0 Å². The lowest BCUT2D eigenvalue weighted by Gasteiger charge is -2.50. The predicted molar refractivity (Wildman–Crippen MR) is 205 cm³/mol. The Morgan fingerprint density at radius 2 is 1.34 bits per heavy atom. The molecule has 11 nitrogen and oxygen atoms in total. The SMILES string of the molecule is COc1cccc(O)c1[C@H]1C2=CC[C@@H]3C(=O)N(c4ccc(N=Nc5ccc(N(C)C)cc5)cc4)C(=O)[C@@H]3[C@@H]2C[C@@]2(Cl)C(=O)N(c3c(F)c(F)c(F)c(F)c3F)C(=O)[C@@]12Cl. The molecule has 59 heavy (non-hydrogen) atoms. The van der Waals surface area contributed by atoms with E-state index in [9.17, 15) is 37.5 Å². The summed E-state index contributed by atoms with van der Waals surface area (Å²) in [4.78, 5) is 54.6. The van der Waals surface area contributed by atoms with E-state index in [1.54, 1.807) is 24.3 Å². The van der Waals surface area contributed by atoms with Crippen molar-refractivity contribution in [3.05, 3.63) is 113 Å². The number of imide groups is 2. The number of nitrogens with zero attached hydrogens (tertiary/aromatic N) is 5. The molecule has 1 saturated carbocycles. The van der Waals surface area contributed by atoms with E-state index in [-0.39, 0.29) is 33.9 Å². The van der Waals surface area contributed by atoms with E-state index in [4.69, 9.17) is 27.9 Å². The molecule has 0 radical (unpaired) electrons. The van der Waals surface area contributed by atoms with E-state index in [1.807, 2.05) is 31.1 Å². The molecule has 0 aromatic heterocycles. The molecule has 8 rings (SSSR count). The van der Waals surface area contributed by atoms with Gasteiger partial charge in [0.15, 0.2) is 33.0 Å². The number of carbonyl (C=O) groups excluding carboxylic acids is 4. The summed E-state index contributed by atoms with van der Waals surface area (Å²) in [5.41, 5.74) is 0.148. The molecule has 4 aromatic rings. The van der Waals surface area contributed by atoms with Gasteiger partial charge in [-0.15, -0.1) is 23.2 Å². The quantitative estimate of drug-likeness (QED) is 0.0376. The zero-order chi connectivity index (χ0) is 42.5. The monoisotopic (exact) mass is 853 g/mol. The number of allylic oxidation sites excluding steroid dienone is 2. The summed E-state index contributed by atoms with van der Waals surface area (Å²) in [7, 11) is 5.02. The number of phenolic OH excluding ortho intramolecular Hbond substituents is 1. The van der Waals surface area contributed by atoms with Crippen molar-refractivity contribution in [3.8, 4) is 11.5 Å². The number of phenols is 1. The topological polar surface area (TPSA) is 132 Å². The molecular formula is C41H30Cl2F5N5O6. The van der Waals surface area contributed by atoms with Crippen LogP contribution in [0.15, 0.2) is 88.6 Å². The Kier molecular flexibility index (Phi) is 9.58. The first-order chi connectivity index (χ1) is 28.0. The number of halogens is 7. The third-order valence-electron chi connectivity index (χ3n) is 11.5. The highest BCUT2D eigenvalue weighted by Crippen LogP contribution is 2.67. The molecule has 2 heterocycles. The molecule has 0 spiro atoms. The van der Waals surface area contributed by atoms with Crippen LogP contribution in [0.1, 0.15) is 24.3 Å². The summed E-state index contributed by atoms with van der Waals surface area (Å²) < 4.78 is 79.5. The van der Waals surface area contributed by atoms with Gasteiger partial charge in [0.25, 0.3) is 11.8 Å². The Hall–Kier alpha value is -5.87. The van der Waals surface area contributed by atoms with E-state index in [0.717, 1.165) is 10.6 Å². The number of anilines is 3. The Balaban J connectivity index is 1.20. The van der Waals surface area contributed by atoms with Crippen LogP contribution >= 0.6 is 23.2 Å². The highest BCUT2D eigenvalue weighted by atomic mass is 35.5. The van der Waals surface area contributed by atoms with Crippen LogP contribution in [0.2, 0.25) is 0 Å². The summed E-state index contributed by atoms with van der Waals surface area (Å²) in [5.74, 6) is -22.9. The number of amides is 4. The number of benzene rings is 4. The second-order valence-corrected chi connectivity index (χ2v) is 16.0. The lowest BCUT2D eigenvalue weighted by molar-refractivity contribution is -0.125. The minimum Gasteiger partial charge on any atom is -0.508 e. The number of aromatic hydroxyl groups is 1. The Bertz CT molecular complexity index is 2530. The summed E-state index contributed by atoms with van der Waals surface area (Å²) >= 11 is 14.4. The van der Waals surface area contributed by atoms with Gasteiger partial charge in [0.05, 0.1) is 36.0 Å². The Morgan fingerprint density at radius 3 is 1.92 bits per heavy atom. The number of fused-ring (bicyclic) bond motifs is 4. The van der Waals surface area contributed by atoms with Gasteiger partial charge in [-0.3, -0.25) is 24.1 Å². The number of azo groups is 1. The third kappa shape index (κ3) is 5.66. The molecule has 0 unspecified atom stereocenters. The van der Waals surface area contributed by atoms with Crippen LogP contribution in [0, 0.1) is 46.8 Å². The maximum Gasteiger partial charge on any atom is 0.258 e. The van der Waals surface area contributed by atoms with E-state index in [1.165, 1.54) is 43.5 Å². The van der Waals surface area contributed by atoms with Crippen molar-refractivity contribution >= 4 is 75.3 Å². The minimum absolute atomic E-state index is 0.0917. The predicted octanol–water partition coefficient (Wildman–Crippen LogP) is 8.35. The van der Waals surface area contributed by atoms with Gasteiger partial charge >= 0.3 is 0 Å². The van der Waals surface area contributed by atoms with Crippen molar-refractivity contribution in [3.63, 3.8) is 0 Å². The molecule has 2 saturated heterocycles. The molecule has 0 bridgehead atoms. The van der Waals surface area contributed by atoms with Gasteiger partial charge in [0.2, 0.25) is 17.6 Å². The summed E-state index contributed by atoms with van der Waals surface area (Å²) in [6, 6.07) is 17.4. The molecular weight excluding hydrogens is 824 g/mol. The summed E-state index contributed by atoms with van der Waals surface area (Å²) in [5, 5.41) is 19.8. The van der Waals surface area contributed by atoms with Gasteiger partial charge in [-0.05, 0) is 79.4 Å². The van der Waals surface area contributed by atoms with Crippen LogP contribution in [-0.4, -0.2) is 59.7 Å². The van der Waals surface area contributed by atoms with E-state index >= 15 is 8.78 Å². The second-order valence-electron chi connectivity index (χ2n) is 14.7. The van der Waals surface area contributed by atoms with Gasteiger partial charge < -0.3 is 14.7 Å². The lowest BCUT2D eigenvalue weighted by Crippen LogP contribution is -2.60. The van der Waals surface area contributed by atoms with Crippen LogP contribution in [0.25, 0.3) is 0 Å². The van der Waals surface area contributed by atoms with E-state index in [0.29, 0.717) is 11.4 Å². The Morgan fingerprint density at radius 1 is 0.763 bits per heavy atom. The largest absolute Gasteiger partial charge is 0.508 e. The van der Waals surface area contributed by atoms with Crippen LogP contribution in [-0.2, 0) is 19.2 Å². The molecule has 4 amide bonds. The maximum absolute atomic E-state index is 15.4. The smallest absolute Gasteiger partial charge is 0.258 e. The molecule has 4 aromatic carbocycles. The summed E-state index contributed by atoms with van der Waals surface area (Å²) in [6.45, 7) is 0.